The maximum absolute atomic E-state index is 11.8. The van der Waals surface area contributed by atoms with Gasteiger partial charge in [-0.1, -0.05) is 0 Å². The van der Waals surface area contributed by atoms with Crippen molar-refractivity contribution in [2.24, 2.45) is 0 Å². The van der Waals surface area contributed by atoms with Crippen molar-refractivity contribution in [1.82, 2.24) is 15.3 Å². The van der Waals surface area contributed by atoms with Gasteiger partial charge in [-0.25, -0.2) is 4.98 Å². The van der Waals surface area contributed by atoms with Crippen LogP contribution in [0.2, 0.25) is 0 Å². The third kappa shape index (κ3) is 7.84. The quantitative estimate of drug-likeness (QED) is 0.786. The molecule has 0 unspecified atom stereocenters. The van der Waals surface area contributed by atoms with Gasteiger partial charge in [-0.2, -0.15) is 13.2 Å². The van der Waals surface area contributed by atoms with Crippen molar-refractivity contribution in [3.05, 3.63) is 17.7 Å². The summed E-state index contributed by atoms with van der Waals surface area (Å²) in [6.07, 6.45) is -2.26. The lowest BCUT2D eigenvalue weighted by Crippen LogP contribution is -2.35. The largest absolute Gasteiger partial charge is 0.411 e. The van der Waals surface area contributed by atoms with E-state index in [0.717, 1.165) is 5.69 Å². The lowest BCUT2D eigenvalue weighted by atomic mass is 10.1. The molecule has 0 aliphatic heterocycles. The summed E-state index contributed by atoms with van der Waals surface area (Å²) in [6.45, 7) is 5.57. The summed E-state index contributed by atoms with van der Waals surface area (Å²) >= 11 is 0. The third-order valence-corrected chi connectivity index (χ3v) is 2.24. The number of halogens is 3. The highest BCUT2D eigenvalue weighted by Crippen LogP contribution is 2.14. The van der Waals surface area contributed by atoms with E-state index in [2.05, 4.69) is 40.8 Å². The minimum Gasteiger partial charge on any atom is -0.372 e. The second-order valence-corrected chi connectivity index (χ2v) is 5.38. The summed E-state index contributed by atoms with van der Waals surface area (Å²) in [4.78, 5) is 7.14. The Morgan fingerprint density at radius 1 is 1.32 bits per heavy atom. The number of ether oxygens (including phenoxy) is 1. The number of aromatic amines is 1. The van der Waals surface area contributed by atoms with Gasteiger partial charge in [0.25, 0.3) is 0 Å². The third-order valence-electron chi connectivity index (χ3n) is 2.24. The van der Waals surface area contributed by atoms with Crippen LogP contribution in [0, 0.1) is 0 Å². The number of hydrogen-bond acceptors (Lipinski definition) is 3. The number of aromatic nitrogens is 2. The Morgan fingerprint density at radius 3 is 2.58 bits per heavy atom. The van der Waals surface area contributed by atoms with Gasteiger partial charge in [0, 0.05) is 30.4 Å². The molecular weight excluding hydrogens is 259 g/mol. The standard InChI is InChI=1S/C12H20F3N3O/c1-11(2,3)17-7-9-6-16-10(18-9)4-5-19-8-12(13,14)15/h6,17H,4-5,7-8H2,1-3H3,(H,16,18). The molecule has 0 spiro atoms. The highest BCUT2D eigenvalue weighted by molar-refractivity contribution is 5.01. The van der Waals surface area contributed by atoms with Crippen LogP contribution in [0.5, 0.6) is 0 Å². The van der Waals surface area contributed by atoms with Gasteiger partial charge in [0.15, 0.2) is 0 Å². The zero-order valence-electron chi connectivity index (χ0n) is 11.4. The Bertz CT molecular complexity index is 382. The monoisotopic (exact) mass is 279 g/mol. The number of alkyl halides is 3. The van der Waals surface area contributed by atoms with Gasteiger partial charge >= 0.3 is 6.18 Å². The molecule has 110 valence electrons. The molecule has 0 amide bonds. The van der Waals surface area contributed by atoms with E-state index in [0.29, 0.717) is 18.8 Å². The molecule has 1 heterocycles. The normalized spacial score (nSPS) is 12.9. The number of hydrogen-bond donors (Lipinski definition) is 2. The Hall–Kier alpha value is -1.08. The molecular formula is C12H20F3N3O. The van der Waals surface area contributed by atoms with Crippen LogP contribution in [-0.4, -0.2) is 34.9 Å². The number of rotatable bonds is 6. The van der Waals surface area contributed by atoms with Gasteiger partial charge in [-0.3, -0.25) is 0 Å². The Morgan fingerprint density at radius 2 is 2.00 bits per heavy atom. The molecule has 1 aromatic rings. The van der Waals surface area contributed by atoms with Crippen molar-refractivity contribution in [2.75, 3.05) is 13.2 Å². The first kappa shape index (κ1) is 16.0. The molecule has 0 aliphatic rings. The maximum atomic E-state index is 11.8. The molecule has 2 N–H and O–H groups in total. The fraction of sp³-hybridized carbons (Fsp3) is 0.750. The van der Waals surface area contributed by atoms with Crippen molar-refractivity contribution < 1.29 is 17.9 Å². The van der Waals surface area contributed by atoms with Crippen LogP contribution in [0.3, 0.4) is 0 Å². The van der Waals surface area contributed by atoms with E-state index in [-0.39, 0.29) is 12.1 Å². The lowest BCUT2D eigenvalue weighted by molar-refractivity contribution is -0.173. The molecule has 0 aliphatic carbocycles. The molecule has 1 rings (SSSR count). The highest BCUT2D eigenvalue weighted by Gasteiger charge is 2.27. The molecule has 0 atom stereocenters. The molecule has 0 saturated heterocycles. The summed E-state index contributed by atoms with van der Waals surface area (Å²) in [5, 5.41) is 3.29. The Kier molecular flexibility index (Phi) is 5.37. The van der Waals surface area contributed by atoms with Crippen LogP contribution in [0.15, 0.2) is 6.20 Å². The van der Waals surface area contributed by atoms with E-state index in [1.807, 2.05) is 0 Å². The minimum absolute atomic E-state index is 0.000831. The zero-order chi connectivity index (χ0) is 14.5. The second-order valence-electron chi connectivity index (χ2n) is 5.38. The molecule has 4 nitrogen and oxygen atoms in total. The molecule has 0 aromatic carbocycles. The number of nitrogens with one attached hydrogen (secondary N) is 2. The van der Waals surface area contributed by atoms with Crippen molar-refractivity contribution >= 4 is 0 Å². The Labute approximate surface area is 110 Å². The lowest BCUT2D eigenvalue weighted by Gasteiger charge is -2.19. The van der Waals surface area contributed by atoms with Gasteiger partial charge in [0.2, 0.25) is 0 Å². The zero-order valence-corrected chi connectivity index (χ0v) is 11.4. The topological polar surface area (TPSA) is 49.9 Å². The average Bonchev–Trinajstić information content (AvgIpc) is 2.67. The van der Waals surface area contributed by atoms with E-state index < -0.39 is 12.8 Å². The summed E-state index contributed by atoms with van der Waals surface area (Å²) in [6, 6.07) is 0. The molecule has 0 radical (unpaired) electrons. The minimum atomic E-state index is -4.27. The molecule has 0 fully saturated rings. The summed E-state index contributed by atoms with van der Waals surface area (Å²) in [5.74, 6) is 0.632. The first-order chi connectivity index (χ1) is 8.66. The first-order valence-electron chi connectivity index (χ1n) is 6.08. The number of H-pyrrole nitrogens is 1. The average molecular weight is 279 g/mol. The van der Waals surface area contributed by atoms with Gasteiger partial charge in [-0.05, 0) is 20.8 Å². The molecule has 19 heavy (non-hydrogen) atoms. The highest BCUT2D eigenvalue weighted by atomic mass is 19.4. The van der Waals surface area contributed by atoms with Crippen LogP contribution >= 0.6 is 0 Å². The summed E-state index contributed by atoms with van der Waals surface area (Å²) in [7, 11) is 0. The van der Waals surface area contributed by atoms with Crippen molar-refractivity contribution in [3.63, 3.8) is 0 Å². The van der Waals surface area contributed by atoms with Crippen LogP contribution < -0.4 is 5.32 Å². The SMILES string of the molecule is CC(C)(C)NCc1cnc(CCOCC(F)(F)F)[nH]1. The summed E-state index contributed by atoms with van der Waals surface area (Å²) < 4.78 is 40.0. The van der Waals surface area contributed by atoms with Gasteiger partial charge < -0.3 is 15.0 Å². The van der Waals surface area contributed by atoms with Crippen molar-refractivity contribution in [3.8, 4) is 0 Å². The maximum Gasteiger partial charge on any atom is 0.411 e. The second kappa shape index (κ2) is 6.38. The number of nitrogens with zero attached hydrogens (tertiary/aromatic N) is 1. The fourth-order valence-electron chi connectivity index (χ4n) is 1.34. The molecule has 0 saturated carbocycles. The van der Waals surface area contributed by atoms with Crippen LogP contribution in [0.1, 0.15) is 32.3 Å². The van der Waals surface area contributed by atoms with E-state index in [9.17, 15) is 13.2 Å². The first-order valence-corrected chi connectivity index (χ1v) is 6.08. The molecule has 0 bridgehead atoms. The van der Waals surface area contributed by atoms with Gasteiger partial charge in [0.1, 0.15) is 12.4 Å². The van der Waals surface area contributed by atoms with E-state index >= 15 is 0 Å². The Balaban J connectivity index is 2.27. The smallest absolute Gasteiger partial charge is 0.372 e. The van der Waals surface area contributed by atoms with Crippen LogP contribution in [0.25, 0.3) is 0 Å². The molecule has 1 aromatic heterocycles. The van der Waals surface area contributed by atoms with Crippen molar-refractivity contribution in [1.29, 1.82) is 0 Å². The van der Waals surface area contributed by atoms with Gasteiger partial charge in [-0.15, -0.1) is 0 Å². The predicted octanol–water partition coefficient (Wildman–Crippen LogP) is 2.42. The molecule has 7 heteroatoms. The van der Waals surface area contributed by atoms with E-state index in [1.165, 1.54) is 0 Å². The van der Waals surface area contributed by atoms with Crippen molar-refractivity contribution in [2.45, 2.75) is 45.5 Å². The van der Waals surface area contributed by atoms with Crippen LogP contribution in [-0.2, 0) is 17.7 Å². The predicted molar refractivity (Wildman–Crippen MR) is 65.8 cm³/mol. The fourth-order valence-corrected chi connectivity index (χ4v) is 1.34. The van der Waals surface area contributed by atoms with E-state index in [4.69, 9.17) is 0 Å². The summed E-state index contributed by atoms with van der Waals surface area (Å²) in [5.41, 5.74) is 0.905. The van der Waals surface area contributed by atoms with Gasteiger partial charge in [0.05, 0.1) is 6.61 Å². The number of imidazole rings is 1. The van der Waals surface area contributed by atoms with Crippen LogP contribution in [0.4, 0.5) is 13.2 Å². The van der Waals surface area contributed by atoms with E-state index in [1.54, 1.807) is 6.20 Å².